The highest BCUT2D eigenvalue weighted by Gasteiger charge is 2.15. The molecule has 26 heteroatoms. The molecule has 0 radical (unpaired) electrons. The molecule has 0 amide bonds. The van der Waals surface area contributed by atoms with Crippen LogP contribution in [0, 0.1) is 0 Å². The topological polar surface area (TPSA) is 463 Å². The van der Waals surface area contributed by atoms with E-state index in [0.717, 1.165) is 11.1 Å². The van der Waals surface area contributed by atoms with E-state index >= 15 is 0 Å². The van der Waals surface area contributed by atoms with Gasteiger partial charge in [0, 0.05) is 50.2 Å². The number of carbonyl (C=O) groups is 6. The van der Waals surface area contributed by atoms with Crippen LogP contribution in [-0.2, 0) is 80.5 Å². The third-order valence-corrected chi connectivity index (χ3v) is 11.8. The third-order valence-electron chi connectivity index (χ3n) is 11.8. The van der Waals surface area contributed by atoms with E-state index < -0.39 is 42.4 Å². The Morgan fingerprint density at radius 3 is 1.29 bits per heavy atom. The molecule has 26 nitrogen and oxygen atoms in total. The Labute approximate surface area is 493 Å². The number of hydrogen-bond acceptors (Lipinski definition) is 20. The average molecular weight is 1210 g/mol. The van der Waals surface area contributed by atoms with Crippen LogP contribution >= 0.6 is 0 Å². The lowest BCUT2D eigenvalue weighted by molar-refractivity contribution is -0.138. The van der Waals surface area contributed by atoms with E-state index in [9.17, 15) is 59.4 Å². The number of phenols is 8. The maximum Gasteiger partial charge on any atom is 0.303 e. The van der Waals surface area contributed by atoms with Crippen molar-refractivity contribution in [3.8, 4) is 69.0 Å². The molecule has 86 heavy (non-hydrogen) atoms. The fourth-order valence-corrected chi connectivity index (χ4v) is 7.25. The second-order valence-corrected chi connectivity index (χ2v) is 17.8. The van der Waals surface area contributed by atoms with Gasteiger partial charge in [-0.2, -0.15) is 0 Å². The Kier molecular flexibility index (Phi) is 33.6. The van der Waals surface area contributed by atoms with Crippen LogP contribution in [0.3, 0.4) is 0 Å². The number of ether oxygens (including phenoxy) is 4. The van der Waals surface area contributed by atoms with Gasteiger partial charge < -0.3 is 101 Å². The maximum atomic E-state index is 10.3. The number of carboxylic acid groups (broad SMARTS) is 6. The number of aromatic hydroxyl groups is 8. The number of phenolic OH excluding ortho intramolecular Hbond substituents is 7. The molecule has 0 aromatic heterocycles. The Bertz CT molecular complexity index is 3150. The van der Waals surface area contributed by atoms with Crippen molar-refractivity contribution < 1.29 is 129 Å². The van der Waals surface area contributed by atoms with Crippen molar-refractivity contribution in [3.63, 3.8) is 0 Å². The summed E-state index contributed by atoms with van der Waals surface area (Å²) in [5.41, 5.74) is 4.46. The van der Waals surface area contributed by atoms with Crippen molar-refractivity contribution in [1.29, 1.82) is 0 Å². The predicted octanol–water partition coefficient (Wildman–Crippen LogP) is 6.89. The molecule has 6 aromatic rings. The van der Waals surface area contributed by atoms with Gasteiger partial charge in [-0.25, -0.2) is 0 Å². The van der Waals surface area contributed by atoms with Crippen molar-refractivity contribution in [2.24, 2.45) is 0 Å². The minimum Gasteiger partial charge on any atom is -0.508 e. The normalized spacial score (nSPS) is 9.93. The molecule has 0 heterocycles. The van der Waals surface area contributed by atoms with Gasteiger partial charge in [0.25, 0.3) is 0 Å². The maximum absolute atomic E-state index is 10.3. The SMILES string of the molecule is COc1c(O)ccc(CCC(=O)O)c1O.COc1ccc(CCC(=O)O)c(O)c1.COc1ccc(CCC(=O)O)cc1O.COc1cccc(CCC(=O)O)c1O.O=C(O)CCc1ccc(O)c(O)c1CO.O=C(O)CCc1ccc(O)cc1CO. The molecular formula is C60H72O26. The highest BCUT2D eigenvalue weighted by molar-refractivity contribution is 5.70. The molecule has 0 fully saturated rings. The Hall–Kier alpha value is -10.3. The summed E-state index contributed by atoms with van der Waals surface area (Å²) in [7, 11) is 5.74. The van der Waals surface area contributed by atoms with Crippen molar-refractivity contribution >= 4 is 35.8 Å². The largest absolute Gasteiger partial charge is 0.508 e. The molecule has 468 valence electrons. The summed E-state index contributed by atoms with van der Waals surface area (Å²) in [4.78, 5) is 61.9. The van der Waals surface area contributed by atoms with Crippen LogP contribution in [0.2, 0.25) is 0 Å². The van der Waals surface area contributed by atoms with Gasteiger partial charge in [0.15, 0.2) is 46.0 Å². The molecule has 0 aliphatic rings. The molecule has 0 bridgehead atoms. The van der Waals surface area contributed by atoms with Crippen molar-refractivity contribution in [2.75, 3.05) is 28.4 Å². The molecule has 0 spiro atoms. The number of rotatable bonds is 24. The summed E-state index contributed by atoms with van der Waals surface area (Å²) in [5, 5.41) is 144. The van der Waals surface area contributed by atoms with E-state index in [-0.39, 0.29) is 115 Å². The van der Waals surface area contributed by atoms with Gasteiger partial charge >= 0.3 is 35.8 Å². The van der Waals surface area contributed by atoms with Crippen LogP contribution in [0.5, 0.6) is 69.0 Å². The van der Waals surface area contributed by atoms with Gasteiger partial charge in [-0.15, -0.1) is 0 Å². The number of aryl methyl sites for hydroxylation is 6. The van der Waals surface area contributed by atoms with Crippen LogP contribution in [-0.4, -0.2) is 146 Å². The van der Waals surface area contributed by atoms with Crippen LogP contribution in [0.25, 0.3) is 0 Å². The number of aliphatic carboxylic acids is 6. The minimum absolute atomic E-state index is 0.000722. The molecule has 16 N–H and O–H groups in total. The first-order valence-electron chi connectivity index (χ1n) is 25.7. The summed E-state index contributed by atoms with van der Waals surface area (Å²) in [5.74, 6) is -4.96. The highest BCUT2D eigenvalue weighted by Crippen LogP contribution is 2.39. The monoisotopic (exact) mass is 1210 g/mol. The van der Waals surface area contributed by atoms with E-state index in [0.29, 0.717) is 70.7 Å². The first-order chi connectivity index (χ1) is 40.7. The Morgan fingerprint density at radius 1 is 0.349 bits per heavy atom. The number of carboxylic acids is 6. The van der Waals surface area contributed by atoms with Crippen LogP contribution in [0.1, 0.15) is 83.0 Å². The third kappa shape index (κ3) is 27.6. The fraction of sp³-hybridized carbons (Fsp3) is 0.300. The van der Waals surface area contributed by atoms with Crippen LogP contribution in [0.15, 0.2) is 97.1 Å². The summed E-state index contributed by atoms with van der Waals surface area (Å²) in [6.07, 6.45) is 1.74. The molecule has 0 saturated carbocycles. The molecule has 0 aliphatic carbocycles. The van der Waals surface area contributed by atoms with E-state index in [1.165, 1.54) is 77.0 Å². The molecule has 0 atom stereocenters. The molecule has 6 aromatic carbocycles. The molecule has 6 rings (SSSR count). The lowest BCUT2D eigenvalue weighted by atomic mass is 10.0. The average Bonchev–Trinajstić information content (AvgIpc) is 3.10. The van der Waals surface area contributed by atoms with Crippen molar-refractivity contribution in [1.82, 2.24) is 0 Å². The standard InChI is InChI=1S/2C10H12O5.4C10H12O4/c1-15-10-7(11)4-2-6(9(10)14)3-5-8(12)13;11-5-7-6(2-4-9(13)14)1-3-8(12)10(7)15;1-14-8-4-2-7(9(11)6-8)3-5-10(12)13;1-14-9-4-2-7(6-8(9)11)3-5-10(12)13;1-14-8-4-2-3-7(10(8)13)5-6-9(11)12;11-6-8-5-9(12)3-1-7(8)2-4-10(13)14/h2,4,11,14H,3,5H2,1H3,(H,12,13);1,3,11-12,15H,2,4-5H2,(H,13,14);2*2,4,6,11H,3,5H2,1H3,(H,12,13);2-4,13H,5-6H2,1H3,(H,11,12);1,3,5,11-12H,2,4,6H2,(H,13,14). The van der Waals surface area contributed by atoms with Gasteiger partial charge in [0.2, 0.25) is 5.75 Å². The van der Waals surface area contributed by atoms with E-state index in [2.05, 4.69) is 0 Å². The lowest BCUT2D eigenvalue weighted by Crippen LogP contribution is -2.01. The van der Waals surface area contributed by atoms with Crippen LogP contribution in [0.4, 0.5) is 0 Å². The molecule has 0 aliphatic heterocycles. The van der Waals surface area contributed by atoms with E-state index in [1.54, 1.807) is 48.5 Å². The number of para-hydroxylation sites is 1. The van der Waals surface area contributed by atoms with Gasteiger partial charge in [-0.1, -0.05) is 42.5 Å². The number of methoxy groups -OCH3 is 4. The second kappa shape index (κ2) is 39.2. The van der Waals surface area contributed by atoms with Gasteiger partial charge in [-0.05, 0) is 126 Å². The first kappa shape index (κ1) is 73.7. The highest BCUT2D eigenvalue weighted by atomic mass is 16.5. The number of hydrogen-bond donors (Lipinski definition) is 16. The predicted molar refractivity (Wildman–Crippen MR) is 306 cm³/mol. The van der Waals surface area contributed by atoms with E-state index in [1.807, 2.05) is 0 Å². The summed E-state index contributed by atoms with van der Waals surface area (Å²) in [6, 6.07) is 24.9. The zero-order chi connectivity index (χ0) is 65.1. The Balaban J connectivity index is 0.000000516. The second-order valence-electron chi connectivity index (χ2n) is 17.8. The summed E-state index contributed by atoms with van der Waals surface area (Å²) >= 11 is 0. The number of aliphatic hydroxyl groups excluding tert-OH is 2. The number of benzene rings is 6. The summed E-state index contributed by atoms with van der Waals surface area (Å²) < 4.78 is 19.4. The lowest BCUT2D eigenvalue weighted by Gasteiger charge is -2.09. The quantitative estimate of drug-likeness (QED) is 0.0274. The molecule has 0 unspecified atom stereocenters. The van der Waals surface area contributed by atoms with Crippen LogP contribution < -0.4 is 18.9 Å². The van der Waals surface area contributed by atoms with E-state index in [4.69, 9.17) is 70.0 Å². The zero-order valence-corrected chi connectivity index (χ0v) is 47.4. The molecule has 0 saturated heterocycles. The van der Waals surface area contributed by atoms with Gasteiger partial charge in [-0.3, -0.25) is 28.8 Å². The Morgan fingerprint density at radius 2 is 0.814 bits per heavy atom. The van der Waals surface area contributed by atoms with Gasteiger partial charge in [0.05, 0.1) is 41.7 Å². The van der Waals surface area contributed by atoms with Crippen molar-refractivity contribution in [3.05, 3.63) is 142 Å². The van der Waals surface area contributed by atoms with Crippen molar-refractivity contribution in [2.45, 2.75) is 90.3 Å². The minimum atomic E-state index is -0.952. The number of aliphatic hydroxyl groups is 2. The zero-order valence-electron chi connectivity index (χ0n) is 47.4. The summed E-state index contributed by atoms with van der Waals surface area (Å²) in [6.45, 7) is -0.626. The first-order valence-corrected chi connectivity index (χ1v) is 25.7. The fourth-order valence-electron chi connectivity index (χ4n) is 7.25. The molecular weight excluding hydrogens is 1140 g/mol. The smallest absolute Gasteiger partial charge is 0.303 e. The van der Waals surface area contributed by atoms with Gasteiger partial charge in [0.1, 0.15) is 17.2 Å².